The number of aromatic nitrogens is 1. The minimum Gasteiger partial charge on any atom is -0.449 e. The highest BCUT2D eigenvalue weighted by molar-refractivity contribution is 6.29. The topological polar surface area (TPSA) is 80.8 Å². The Hall–Kier alpha value is -2.64. The van der Waals surface area contributed by atoms with E-state index in [9.17, 15) is 9.59 Å². The maximum Gasteiger partial charge on any atom is 0.340 e. The monoisotopic (exact) mass is 389 g/mol. The van der Waals surface area contributed by atoms with Crippen LogP contribution in [-0.2, 0) is 14.3 Å². The summed E-state index contributed by atoms with van der Waals surface area (Å²) < 4.78 is 10.5. The minimum absolute atomic E-state index is 0.230. The number of ether oxygens (including phenoxy) is 2. The van der Waals surface area contributed by atoms with Crippen molar-refractivity contribution in [1.29, 1.82) is 0 Å². The van der Waals surface area contributed by atoms with Crippen molar-refractivity contribution in [2.75, 3.05) is 36.5 Å². The number of benzene rings is 1. The molecule has 1 fully saturated rings. The van der Waals surface area contributed by atoms with Crippen LogP contribution in [0.5, 0.6) is 0 Å². The summed E-state index contributed by atoms with van der Waals surface area (Å²) in [4.78, 5) is 30.4. The number of nitrogens with zero attached hydrogens (tertiary/aromatic N) is 2. The summed E-state index contributed by atoms with van der Waals surface area (Å²) >= 11 is 5.69. The molecule has 0 aliphatic carbocycles. The molecule has 1 amide bonds. The fourth-order valence-electron chi connectivity index (χ4n) is 2.60. The fourth-order valence-corrected chi connectivity index (χ4v) is 2.71. The van der Waals surface area contributed by atoms with Gasteiger partial charge in [0.15, 0.2) is 6.10 Å². The van der Waals surface area contributed by atoms with Gasteiger partial charge in [-0.15, -0.1) is 0 Å². The first-order chi connectivity index (χ1) is 13.0. The van der Waals surface area contributed by atoms with E-state index >= 15 is 0 Å². The van der Waals surface area contributed by atoms with E-state index in [-0.39, 0.29) is 10.7 Å². The number of amides is 1. The van der Waals surface area contributed by atoms with Crippen molar-refractivity contribution in [3.63, 3.8) is 0 Å². The predicted molar refractivity (Wildman–Crippen MR) is 102 cm³/mol. The summed E-state index contributed by atoms with van der Waals surface area (Å²) in [6.07, 6.45) is 0.353. The molecule has 0 radical (unpaired) electrons. The standard InChI is InChI=1S/C19H20ClN3O4/c1-13(27-19(25)14-2-7-17(20)21-12-14)18(24)22-15-3-5-16(6-4-15)23-8-10-26-11-9-23/h2-7,12-13H,8-11H2,1H3,(H,22,24)/t13-/m1/s1. The van der Waals surface area contributed by atoms with E-state index in [1.54, 1.807) is 0 Å². The van der Waals surface area contributed by atoms with Crippen molar-refractivity contribution in [3.05, 3.63) is 53.3 Å². The fraction of sp³-hybridized carbons (Fsp3) is 0.316. The van der Waals surface area contributed by atoms with Crippen LogP contribution < -0.4 is 10.2 Å². The van der Waals surface area contributed by atoms with Gasteiger partial charge < -0.3 is 19.7 Å². The lowest BCUT2D eigenvalue weighted by Gasteiger charge is -2.28. The maximum atomic E-state index is 12.3. The summed E-state index contributed by atoms with van der Waals surface area (Å²) in [6, 6.07) is 10.5. The van der Waals surface area contributed by atoms with Crippen LogP contribution >= 0.6 is 11.6 Å². The number of nitrogens with one attached hydrogen (secondary N) is 1. The summed E-state index contributed by atoms with van der Waals surface area (Å²) in [6.45, 7) is 4.63. The van der Waals surface area contributed by atoms with Crippen LogP contribution in [-0.4, -0.2) is 49.3 Å². The zero-order valence-corrected chi connectivity index (χ0v) is 15.6. The lowest BCUT2D eigenvalue weighted by Crippen LogP contribution is -2.36. The molecule has 1 N–H and O–H groups in total. The molecule has 27 heavy (non-hydrogen) atoms. The number of esters is 1. The molecule has 142 valence electrons. The Morgan fingerprint density at radius 1 is 1.19 bits per heavy atom. The third-order valence-electron chi connectivity index (χ3n) is 4.13. The molecule has 8 heteroatoms. The first kappa shape index (κ1) is 19.1. The van der Waals surface area contributed by atoms with Crippen LogP contribution in [0.15, 0.2) is 42.6 Å². The summed E-state index contributed by atoms with van der Waals surface area (Å²) in [5, 5.41) is 3.02. The van der Waals surface area contributed by atoms with Gasteiger partial charge in [-0.25, -0.2) is 9.78 Å². The van der Waals surface area contributed by atoms with E-state index < -0.39 is 18.0 Å². The van der Waals surface area contributed by atoms with E-state index in [0.29, 0.717) is 18.9 Å². The Morgan fingerprint density at radius 2 is 1.89 bits per heavy atom. The molecule has 0 bridgehead atoms. The van der Waals surface area contributed by atoms with Gasteiger partial charge in [0.25, 0.3) is 5.91 Å². The predicted octanol–water partition coefficient (Wildman–Crippen LogP) is 2.76. The molecule has 1 aromatic heterocycles. The zero-order valence-electron chi connectivity index (χ0n) is 14.9. The Morgan fingerprint density at radius 3 is 2.52 bits per heavy atom. The van der Waals surface area contributed by atoms with Gasteiger partial charge in [-0.2, -0.15) is 0 Å². The highest BCUT2D eigenvalue weighted by atomic mass is 35.5. The average Bonchev–Trinajstić information content (AvgIpc) is 2.69. The van der Waals surface area contributed by atoms with Crippen LogP contribution in [0.2, 0.25) is 5.15 Å². The molecule has 1 aliphatic rings. The van der Waals surface area contributed by atoms with Gasteiger partial charge in [-0.1, -0.05) is 11.6 Å². The molecule has 0 saturated carbocycles. The average molecular weight is 390 g/mol. The number of carbonyl (C=O) groups excluding carboxylic acids is 2. The van der Waals surface area contributed by atoms with Crippen molar-refractivity contribution >= 4 is 34.9 Å². The van der Waals surface area contributed by atoms with Crippen LogP contribution in [0.3, 0.4) is 0 Å². The van der Waals surface area contributed by atoms with Crippen molar-refractivity contribution in [2.24, 2.45) is 0 Å². The highest BCUT2D eigenvalue weighted by Crippen LogP contribution is 2.19. The Labute approximate surface area is 162 Å². The minimum atomic E-state index is -0.952. The van der Waals surface area contributed by atoms with Crippen molar-refractivity contribution in [3.8, 4) is 0 Å². The lowest BCUT2D eigenvalue weighted by atomic mass is 10.2. The second kappa shape index (κ2) is 8.83. The largest absolute Gasteiger partial charge is 0.449 e. The maximum absolute atomic E-state index is 12.3. The molecule has 1 saturated heterocycles. The van der Waals surface area contributed by atoms with Gasteiger partial charge in [0.2, 0.25) is 0 Å². The van der Waals surface area contributed by atoms with Crippen molar-refractivity contribution in [1.82, 2.24) is 4.98 Å². The lowest BCUT2D eigenvalue weighted by molar-refractivity contribution is -0.123. The number of morpholine rings is 1. The molecule has 1 aliphatic heterocycles. The van der Waals surface area contributed by atoms with E-state index in [0.717, 1.165) is 18.8 Å². The molecule has 2 aromatic rings. The quantitative estimate of drug-likeness (QED) is 0.625. The zero-order chi connectivity index (χ0) is 19.2. The van der Waals surface area contributed by atoms with Crippen LogP contribution in [0.25, 0.3) is 0 Å². The second-order valence-electron chi connectivity index (χ2n) is 6.05. The van der Waals surface area contributed by atoms with Crippen LogP contribution in [0.1, 0.15) is 17.3 Å². The van der Waals surface area contributed by atoms with Crippen LogP contribution in [0.4, 0.5) is 11.4 Å². The smallest absolute Gasteiger partial charge is 0.340 e. The third-order valence-corrected chi connectivity index (χ3v) is 4.35. The molecule has 0 unspecified atom stereocenters. The molecule has 3 rings (SSSR count). The molecule has 0 spiro atoms. The van der Waals surface area contributed by atoms with Gasteiger partial charge in [0.1, 0.15) is 5.15 Å². The SMILES string of the molecule is C[C@@H](OC(=O)c1ccc(Cl)nc1)C(=O)Nc1ccc(N2CCOCC2)cc1. The van der Waals surface area contributed by atoms with Crippen LogP contribution in [0, 0.1) is 0 Å². The number of anilines is 2. The third kappa shape index (κ3) is 5.18. The number of carbonyl (C=O) groups is 2. The number of hydrogen-bond donors (Lipinski definition) is 1. The van der Waals surface area contributed by atoms with E-state index in [1.807, 2.05) is 24.3 Å². The number of pyridine rings is 1. The van der Waals surface area contributed by atoms with Crippen molar-refractivity contribution < 1.29 is 19.1 Å². The Bertz CT molecular complexity index is 790. The number of hydrogen-bond acceptors (Lipinski definition) is 6. The summed E-state index contributed by atoms with van der Waals surface area (Å²) in [5.74, 6) is -1.05. The number of rotatable bonds is 5. The first-order valence-corrected chi connectivity index (χ1v) is 8.97. The van der Waals surface area contributed by atoms with E-state index in [1.165, 1.54) is 25.3 Å². The van der Waals surface area contributed by atoms with Gasteiger partial charge in [-0.05, 0) is 43.3 Å². The molecular weight excluding hydrogens is 370 g/mol. The normalized spacial score (nSPS) is 15.1. The molecule has 2 heterocycles. The van der Waals surface area contributed by atoms with Gasteiger partial charge in [0, 0.05) is 30.7 Å². The number of halogens is 1. The Balaban J connectivity index is 1.54. The van der Waals surface area contributed by atoms with Gasteiger partial charge in [0.05, 0.1) is 18.8 Å². The van der Waals surface area contributed by atoms with E-state index in [4.69, 9.17) is 21.1 Å². The molecule has 1 aromatic carbocycles. The first-order valence-electron chi connectivity index (χ1n) is 8.59. The summed E-state index contributed by atoms with van der Waals surface area (Å²) in [5.41, 5.74) is 1.94. The van der Waals surface area contributed by atoms with Gasteiger partial charge in [-0.3, -0.25) is 4.79 Å². The van der Waals surface area contributed by atoms with Crippen molar-refractivity contribution in [2.45, 2.75) is 13.0 Å². The second-order valence-corrected chi connectivity index (χ2v) is 6.44. The van der Waals surface area contributed by atoms with E-state index in [2.05, 4.69) is 15.2 Å². The summed E-state index contributed by atoms with van der Waals surface area (Å²) in [7, 11) is 0. The molecular formula is C19H20ClN3O4. The molecule has 7 nitrogen and oxygen atoms in total. The molecule has 1 atom stereocenters. The highest BCUT2D eigenvalue weighted by Gasteiger charge is 2.19. The van der Waals surface area contributed by atoms with Gasteiger partial charge >= 0.3 is 5.97 Å². The Kier molecular flexibility index (Phi) is 6.26.